The van der Waals surface area contributed by atoms with E-state index in [4.69, 9.17) is 0 Å². The van der Waals surface area contributed by atoms with Gasteiger partial charge in [0, 0.05) is 11.6 Å². The minimum Gasteiger partial charge on any atom is -0.391 e. The monoisotopic (exact) mass is 270 g/mol. The van der Waals surface area contributed by atoms with Gasteiger partial charge in [-0.2, -0.15) is 0 Å². The molecule has 20 heavy (non-hydrogen) atoms. The molecule has 1 saturated carbocycles. The van der Waals surface area contributed by atoms with Crippen LogP contribution in [0.2, 0.25) is 0 Å². The van der Waals surface area contributed by atoms with Crippen LogP contribution in [0.25, 0.3) is 10.8 Å². The highest BCUT2D eigenvalue weighted by atomic mass is 16.3. The van der Waals surface area contributed by atoms with Crippen LogP contribution in [0.3, 0.4) is 0 Å². The number of rotatable bonds is 2. The lowest BCUT2D eigenvalue weighted by Gasteiger charge is -2.28. The van der Waals surface area contributed by atoms with Crippen molar-refractivity contribution in [3.05, 3.63) is 42.2 Å². The molecule has 1 aliphatic carbocycles. The van der Waals surface area contributed by atoms with Crippen molar-refractivity contribution >= 4 is 16.7 Å². The number of hydrogen-bond donors (Lipinski definition) is 2. The van der Waals surface area contributed by atoms with E-state index in [1.54, 1.807) is 6.20 Å². The van der Waals surface area contributed by atoms with Crippen LogP contribution in [-0.2, 0) is 0 Å². The van der Waals surface area contributed by atoms with Crippen LogP contribution in [0.15, 0.2) is 36.5 Å². The normalized spacial score (nSPS) is 22.6. The number of amides is 1. The van der Waals surface area contributed by atoms with Gasteiger partial charge in [-0.05, 0) is 24.3 Å². The Labute approximate surface area is 117 Å². The Bertz CT molecular complexity index is 621. The number of nitrogens with one attached hydrogen (secondary N) is 1. The lowest BCUT2D eigenvalue weighted by Crippen LogP contribution is -2.45. The third kappa shape index (κ3) is 2.51. The number of carbonyl (C=O) groups is 1. The molecule has 1 fully saturated rings. The van der Waals surface area contributed by atoms with E-state index in [9.17, 15) is 9.90 Å². The van der Waals surface area contributed by atoms with Crippen LogP contribution in [0.4, 0.5) is 0 Å². The minimum atomic E-state index is -0.442. The van der Waals surface area contributed by atoms with Gasteiger partial charge in [0.05, 0.1) is 12.1 Å². The molecule has 104 valence electrons. The molecule has 1 aromatic carbocycles. The number of hydrogen-bond acceptors (Lipinski definition) is 3. The molecule has 0 unspecified atom stereocenters. The maximum absolute atomic E-state index is 12.4. The van der Waals surface area contributed by atoms with Crippen LogP contribution in [-0.4, -0.2) is 28.1 Å². The van der Waals surface area contributed by atoms with Crippen LogP contribution in [0.1, 0.15) is 36.2 Å². The van der Waals surface area contributed by atoms with Gasteiger partial charge in [0.25, 0.3) is 5.91 Å². The van der Waals surface area contributed by atoms with Crippen molar-refractivity contribution < 1.29 is 9.90 Å². The predicted octanol–water partition coefficient (Wildman–Crippen LogP) is 2.27. The summed E-state index contributed by atoms with van der Waals surface area (Å²) in [6.07, 6.45) is 4.87. The van der Waals surface area contributed by atoms with Gasteiger partial charge in [-0.25, -0.2) is 0 Å². The lowest BCUT2D eigenvalue weighted by molar-refractivity contribution is 0.0715. The van der Waals surface area contributed by atoms with Gasteiger partial charge < -0.3 is 10.4 Å². The maximum Gasteiger partial charge on any atom is 0.270 e. The topological polar surface area (TPSA) is 62.2 Å². The highest BCUT2D eigenvalue weighted by Gasteiger charge is 2.25. The molecule has 2 aromatic rings. The maximum atomic E-state index is 12.4. The number of aliphatic hydroxyl groups excluding tert-OH is 1. The van der Waals surface area contributed by atoms with E-state index in [0.29, 0.717) is 5.69 Å². The van der Waals surface area contributed by atoms with Crippen molar-refractivity contribution in [1.29, 1.82) is 0 Å². The van der Waals surface area contributed by atoms with Gasteiger partial charge in [-0.15, -0.1) is 0 Å². The summed E-state index contributed by atoms with van der Waals surface area (Å²) in [5.74, 6) is -0.201. The van der Waals surface area contributed by atoms with Crippen molar-refractivity contribution in [2.45, 2.75) is 37.8 Å². The largest absolute Gasteiger partial charge is 0.391 e. The Morgan fingerprint density at radius 3 is 2.85 bits per heavy atom. The van der Waals surface area contributed by atoms with E-state index >= 15 is 0 Å². The molecule has 3 rings (SSSR count). The Morgan fingerprint density at radius 1 is 1.20 bits per heavy atom. The smallest absolute Gasteiger partial charge is 0.270 e. The van der Waals surface area contributed by atoms with E-state index in [-0.39, 0.29) is 11.9 Å². The molecular formula is C16H18N2O2. The second-order valence-electron chi connectivity index (χ2n) is 5.31. The Kier molecular flexibility index (Phi) is 3.65. The number of aliphatic hydroxyl groups is 1. The molecule has 1 heterocycles. The van der Waals surface area contributed by atoms with Crippen molar-refractivity contribution in [2.75, 3.05) is 0 Å². The summed E-state index contributed by atoms with van der Waals surface area (Å²) >= 11 is 0. The van der Waals surface area contributed by atoms with Gasteiger partial charge in [0.15, 0.2) is 0 Å². The first-order valence-electron chi connectivity index (χ1n) is 7.08. The summed E-state index contributed by atoms with van der Waals surface area (Å²) in [6.45, 7) is 0. The van der Waals surface area contributed by atoms with Crippen LogP contribution in [0, 0.1) is 0 Å². The Hall–Kier alpha value is -1.94. The van der Waals surface area contributed by atoms with Crippen LogP contribution in [0.5, 0.6) is 0 Å². The fourth-order valence-corrected chi connectivity index (χ4v) is 2.82. The van der Waals surface area contributed by atoms with Crippen molar-refractivity contribution in [3.63, 3.8) is 0 Å². The highest BCUT2D eigenvalue weighted by Crippen LogP contribution is 2.20. The molecule has 4 nitrogen and oxygen atoms in total. The molecule has 0 saturated heterocycles. The second-order valence-corrected chi connectivity index (χ2v) is 5.31. The van der Waals surface area contributed by atoms with Crippen molar-refractivity contribution in [2.24, 2.45) is 0 Å². The van der Waals surface area contributed by atoms with E-state index in [1.165, 1.54) is 0 Å². The summed E-state index contributed by atoms with van der Waals surface area (Å²) in [5, 5.41) is 14.7. The average molecular weight is 270 g/mol. The van der Waals surface area contributed by atoms with Gasteiger partial charge >= 0.3 is 0 Å². The fraction of sp³-hybridized carbons (Fsp3) is 0.375. The quantitative estimate of drug-likeness (QED) is 0.880. The zero-order chi connectivity index (χ0) is 13.9. The van der Waals surface area contributed by atoms with Gasteiger partial charge in [-0.1, -0.05) is 37.1 Å². The molecule has 1 aromatic heterocycles. The molecule has 0 aliphatic heterocycles. The van der Waals surface area contributed by atoms with Gasteiger partial charge in [0.1, 0.15) is 5.69 Å². The summed E-state index contributed by atoms with van der Waals surface area (Å²) in [7, 11) is 0. The molecule has 0 radical (unpaired) electrons. The first-order valence-corrected chi connectivity index (χ1v) is 7.08. The van der Waals surface area contributed by atoms with Crippen molar-refractivity contribution in [1.82, 2.24) is 10.3 Å². The molecule has 0 spiro atoms. The first-order chi connectivity index (χ1) is 9.75. The number of nitrogens with zero attached hydrogens (tertiary/aromatic N) is 1. The first kappa shape index (κ1) is 13.1. The number of fused-ring (bicyclic) bond motifs is 1. The summed E-state index contributed by atoms with van der Waals surface area (Å²) in [4.78, 5) is 16.6. The number of aromatic nitrogens is 1. The Balaban J connectivity index is 1.85. The van der Waals surface area contributed by atoms with E-state index in [1.807, 2.05) is 30.3 Å². The molecule has 1 aliphatic rings. The predicted molar refractivity (Wildman–Crippen MR) is 77.5 cm³/mol. The summed E-state index contributed by atoms with van der Waals surface area (Å²) in [6, 6.07) is 9.43. The molecule has 2 N–H and O–H groups in total. The number of pyridine rings is 1. The fourth-order valence-electron chi connectivity index (χ4n) is 2.82. The van der Waals surface area contributed by atoms with Gasteiger partial charge in [0.2, 0.25) is 0 Å². The highest BCUT2D eigenvalue weighted by molar-refractivity contribution is 6.05. The summed E-state index contributed by atoms with van der Waals surface area (Å²) < 4.78 is 0. The number of benzene rings is 1. The van der Waals surface area contributed by atoms with Crippen LogP contribution < -0.4 is 5.32 Å². The molecule has 1 amide bonds. The lowest BCUT2D eigenvalue weighted by atomic mass is 9.92. The SMILES string of the molecule is O=C(N[C@H]1CCCC[C@@H]1O)c1nccc2ccccc12. The van der Waals surface area contributed by atoms with Gasteiger partial charge in [-0.3, -0.25) is 9.78 Å². The third-order valence-corrected chi connectivity index (χ3v) is 3.93. The number of carbonyl (C=O) groups excluding carboxylic acids is 1. The average Bonchev–Trinajstić information content (AvgIpc) is 2.49. The summed E-state index contributed by atoms with van der Waals surface area (Å²) in [5.41, 5.74) is 0.431. The molecular weight excluding hydrogens is 252 g/mol. The van der Waals surface area contributed by atoms with E-state index in [0.717, 1.165) is 36.5 Å². The van der Waals surface area contributed by atoms with Crippen molar-refractivity contribution in [3.8, 4) is 0 Å². The van der Waals surface area contributed by atoms with E-state index < -0.39 is 6.10 Å². The standard InChI is InChI=1S/C16H18N2O2/c19-14-8-4-3-7-13(14)18-16(20)15-12-6-2-1-5-11(12)9-10-17-15/h1-2,5-6,9-10,13-14,19H,3-4,7-8H2,(H,18,20)/t13-,14-/m0/s1. The molecule has 0 bridgehead atoms. The molecule has 4 heteroatoms. The zero-order valence-corrected chi connectivity index (χ0v) is 11.2. The zero-order valence-electron chi connectivity index (χ0n) is 11.2. The molecule has 2 atom stereocenters. The minimum absolute atomic E-state index is 0.156. The van der Waals surface area contributed by atoms with E-state index in [2.05, 4.69) is 10.3 Å². The van der Waals surface area contributed by atoms with Crippen LogP contribution >= 0.6 is 0 Å². The Morgan fingerprint density at radius 2 is 2.00 bits per heavy atom. The third-order valence-electron chi connectivity index (χ3n) is 3.93. The second kappa shape index (κ2) is 5.59.